The molecule has 0 aromatic carbocycles. The topological polar surface area (TPSA) is 63.6 Å². The highest BCUT2D eigenvalue weighted by Gasteiger charge is 2.39. The quantitative estimate of drug-likeness (QED) is 0.665. The standard InChI is InChI=1S/C9H16O4/c1-4-6-9(5-2,8(11)12)13-7(3)10/h4-6H2,1-3H3,(H,11,12)/t9-/m0/s1. The summed E-state index contributed by atoms with van der Waals surface area (Å²) in [5, 5.41) is 8.93. The Bertz CT molecular complexity index is 200. The van der Waals surface area contributed by atoms with Gasteiger partial charge in [0.1, 0.15) is 0 Å². The number of rotatable bonds is 5. The smallest absolute Gasteiger partial charge is 0.348 e. The highest BCUT2D eigenvalue weighted by atomic mass is 16.6. The zero-order chi connectivity index (χ0) is 10.5. The summed E-state index contributed by atoms with van der Waals surface area (Å²) in [5.41, 5.74) is -1.32. The minimum atomic E-state index is -1.32. The van der Waals surface area contributed by atoms with Crippen molar-refractivity contribution in [3.8, 4) is 0 Å². The Hall–Kier alpha value is -1.06. The molecule has 0 aliphatic heterocycles. The first kappa shape index (κ1) is 11.9. The van der Waals surface area contributed by atoms with Crippen LogP contribution in [0.1, 0.15) is 40.0 Å². The first-order valence-corrected chi connectivity index (χ1v) is 4.41. The fourth-order valence-electron chi connectivity index (χ4n) is 1.28. The van der Waals surface area contributed by atoms with Gasteiger partial charge in [-0.1, -0.05) is 20.3 Å². The van der Waals surface area contributed by atoms with Crippen LogP contribution in [0.4, 0.5) is 0 Å². The normalized spacial score (nSPS) is 14.7. The van der Waals surface area contributed by atoms with Gasteiger partial charge in [-0.2, -0.15) is 0 Å². The zero-order valence-corrected chi connectivity index (χ0v) is 8.29. The van der Waals surface area contributed by atoms with Crippen LogP contribution in [-0.2, 0) is 14.3 Å². The maximum absolute atomic E-state index is 10.9. The number of carboxylic acids is 1. The lowest BCUT2D eigenvalue weighted by atomic mass is 9.95. The first-order chi connectivity index (χ1) is 5.98. The molecular formula is C9H16O4. The summed E-state index contributed by atoms with van der Waals surface area (Å²) < 4.78 is 4.85. The van der Waals surface area contributed by atoms with Crippen molar-refractivity contribution < 1.29 is 19.4 Å². The number of hydrogen-bond donors (Lipinski definition) is 1. The maximum Gasteiger partial charge on any atom is 0.348 e. The number of hydrogen-bond acceptors (Lipinski definition) is 3. The Labute approximate surface area is 77.9 Å². The number of ether oxygens (including phenoxy) is 1. The molecule has 0 spiro atoms. The van der Waals surface area contributed by atoms with Gasteiger partial charge in [-0.25, -0.2) is 4.79 Å². The second kappa shape index (κ2) is 4.84. The van der Waals surface area contributed by atoms with E-state index in [1.807, 2.05) is 6.92 Å². The van der Waals surface area contributed by atoms with Gasteiger partial charge in [0.15, 0.2) is 0 Å². The van der Waals surface area contributed by atoms with E-state index in [9.17, 15) is 9.59 Å². The van der Waals surface area contributed by atoms with Gasteiger partial charge in [0, 0.05) is 6.92 Å². The highest BCUT2D eigenvalue weighted by Crippen LogP contribution is 2.23. The van der Waals surface area contributed by atoms with Crippen LogP contribution in [-0.4, -0.2) is 22.6 Å². The van der Waals surface area contributed by atoms with E-state index in [2.05, 4.69) is 0 Å². The predicted molar refractivity (Wildman–Crippen MR) is 47.3 cm³/mol. The molecule has 0 unspecified atom stereocenters. The lowest BCUT2D eigenvalue weighted by molar-refractivity contribution is -0.178. The Morgan fingerprint density at radius 2 is 1.92 bits per heavy atom. The molecule has 0 amide bonds. The van der Waals surface area contributed by atoms with Gasteiger partial charge in [-0.05, 0) is 12.8 Å². The molecule has 0 rings (SSSR count). The summed E-state index contributed by atoms with van der Waals surface area (Å²) >= 11 is 0. The van der Waals surface area contributed by atoms with Gasteiger partial charge in [-0.3, -0.25) is 4.79 Å². The Morgan fingerprint density at radius 3 is 2.15 bits per heavy atom. The summed E-state index contributed by atoms with van der Waals surface area (Å²) in [5.74, 6) is -1.61. The molecule has 76 valence electrons. The van der Waals surface area contributed by atoms with Crippen LogP contribution >= 0.6 is 0 Å². The van der Waals surface area contributed by atoms with Crippen molar-refractivity contribution in [2.75, 3.05) is 0 Å². The van der Waals surface area contributed by atoms with E-state index in [1.165, 1.54) is 6.92 Å². The third-order valence-corrected chi connectivity index (χ3v) is 1.95. The number of carbonyl (C=O) groups is 2. The molecule has 0 aromatic rings. The molecule has 0 fully saturated rings. The van der Waals surface area contributed by atoms with Crippen molar-refractivity contribution in [3.05, 3.63) is 0 Å². The third kappa shape index (κ3) is 3.05. The molecule has 1 N–H and O–H groups in total. The van der Waals surface area contributed by atoms with Crippen molar-refractivity contribution in [1.29, 1.82) is 0 Å². The molecule has 0 aliphatic rings. The van der Waals surface area contributed by atoms with Crippen LogP contribution in [0.2, 0.25) is 0 Å². The fraction of sp³-hybridized carbons (Fsp3) is 0.778. The molecule has 4 nitrogen and oxygen atoms in total. The predicted octanol–water partition coefficient (Wildman–Crippen LogP) is 1.58. The lowest BCUT2D eigenvalue weighted by Crippen LogP contribution is -2.42. The van der Waals surface area contributed by atoms with Crippen LogP contribution in [0.5, 0.6) is 0 Å². The van der Waals surface area contributed by atoms with E-state index < -0.39 is 17.5 Å². The molecule has 0 radical (unpaired) electrons. The van der Waals surface area contributed by atoms with Crippen molar-refractivity contribution in [2.24, 2.45) is 0 Å². The maximum atomic E-state index is 10.9. The molecule has 0 aromatic heterocycles. The van der Waals surface area contributed by atoms with Crippen molar-refractivity contribution in [2.45, 2.75) is 45.6 Å². The minimum absolute atomic E-state index is 0.301. The van der Waals surface area contributed by atoms with Crippen LogP contribution in [0, 0.1) is 0 Å². The van der Waals surface area contributed by atoms with Crippen molar-refractivity contribution in [1.82, 2.24) is 0 Å². The number of carboxylic acid groups (broad SMARTS) is 1. The van der Waals surface area contributed by atoms with E-state index in [1.54, 1.807) is 6.92 Å². The Kier molecular flexibility index (Phi) is 4.45. The second-order valence-corrected chi connectivity index (χ2v) is 3.00. The van der Waals surface area contributed by atoms with Crippen LogP contribution in [0.3, 0.4) is 0 Å². The monoisotopic (exact) mass is 188 g/mol. The third-order valence-electron chi connectivity index (χ3n) is 1.95. The first-order valence-electron chi connectivity index (χ1n) is 4.41. The molecule has 0 saturated heterocycles. The summed E-state index contributed by atoms with van der Waals surface area (Å²) in [7, 11) is 0. The van der Waals surface area contributed by atoms with Crippen LogP contribution < -0.4 is 0 Å². The number of carbonyl (C=O) groups excluding carboxylic acids is 1. The van der Waals surface area contributed by atoms with Gasteiger partial charge in [0.05, 0.1) is 0 Å². The van der Waals surface area contributed by atoms with Crippen molar-refractivity contribution in [3.63, 3.8) is 0 Å². The average molecular weight is 188 g/mol. The van der Waals surface area contributed by atoms with Gasteiger partial charge in [0.25, 0.3) is 0 Å². The molecule has 13 heavy (non-hydrogen) atoms. The largest absolute Gasteiger partial charge is 0.478 e. The lowest BCUT2D eigenvalue weighted by Gasteiger charge is -2.26. The van der Waals surface area contributed by atoms with E-state index in [4.69, 9.17) is 9.84 Å². The van der Waals surface area contributed by atoms with Gasteiger partial charge < -0.3 is 9.84 Å². The van der Waals surface area contributed by atoms with E-state index in [0.717, 1.165) is 0 Å². The molecule has 0 heterocycles. The Balaban J connectivity index is 4.64. The number of aliphatic carboxylic acids is 1. The molecule has 0 bridgehead atoms. The van der Waals surface area contributed by atoms with Gasteiger partial charge in [0.2, 0.25) is 5.60 Å². The van der Waals surface area contributed by atoms with Gasteiger partial charge >= 0.3 is 11.9 Å². The zero-order valence-electron chi connectivity index (χ0n) is 8.29. The van der Waals surface area contributed by atoms with Gasteiger partial charge in [-0.15, -0.1) is 0 Å². The Morgan fingerprint density at radius 1 is 1.38 bits per heavy atom. The SMILES string of the molecule is CCC[C@](CC)(OC(C)=O)C(=O)O. The average Bonchev–Trinajstić information content (AvgIpc) is 2.02. The molecular weight excluding hydrogens is 172 g/mol. The molecule has 1 atom stereocenters. The summed E-state index contributed by atoms with van der Waals surface area (Å²) in [4.78, 5) is 21.6. The summed E-state index contributed by atoms with van der Waals surface area (Å²) in [6, 6.07) is 0. The van der Waals surface area contributed by atoms with E-state index in [-0.39, 0.29) is 0 Å². The highest BCUT2D eigenvalue weighted by molar-refractivity contribution is 5.81. The minimum Gasteiger partial charge on any atom is -0.478 e. The second-order valence-electron chi connectivity index (χ2n) is 3.00. The van der Waals surface area contributed by atoms with Crippen LogP contribution in [0.25, 0.3) is 0 Å². The van der Waals surface area contributed by atoms with E-state index >= 15 is 0 Å². The van der Waals surface area contributed by atoms with E-state index in [0.29, 0.717) is 19.3 Å². The summed E-state index contributed by atoms with van der Waals surface area (Å²) in [6.45, 7) is 4.78. The fourth-order valence-corrected chi connectivity index (χ4v) is 1.28. The van der Waals surface area contributed by atoms with Crippen molar-refractivity contribution >= 4 is 11.9 Å². The van der Waals surface area contributed by atoms with Crippen LogP contribution in [0.15, 0.2) is 0 Å². The molecule has 4 heteroatoms. The molecule has 0 aliphatic carbocycles. The number of esters is 1. The summed E-state index contributed by atoms with van der Waals surface area (Å²) in [6.07, 6.45) is 1.33. The molecule has 0 saturated carbocycles.